The van der Waals surface area contributed by atoms with Crippen molar-refractivity contribution in [2.45, 2.75) is 32.7 Å². The first-order valence-corrected chi connectivity index (χ1v) is 7.42. The molecule has 0 aliphatic heterocycles. The van der Waals surface area contributed by atoms with Crippen LogP contribution in [-0.2, 0) is 0 Å². The van der Waals surface area contributed by atoms with E-state index < -0.39 is 5.54 Å². The Morgan fingerprint density at radius 2 is 2.23 bits per heavy atom. The Balaban J connectivity index is 2.17. The SMILES string of the molecule is CC(C)CC(C)(CN)NC(=O)c1cc(-n2cccn2)ccn1. The van der Waals surface area contributed by atoms with Gasteiger partial charge in [-0.25, -0.2) is 4.68 Å². The summed E-state index contributed by atoms with van der Waals surface area (Å²) in [5, 5.41) is 7.16. The highest BCUT2D eigenvalue weighted by Crippen LogP contribution is 2.16. The quantitative estimate of drug-likeness (QED) is 0.851. The van der Waals surface area contributed by atoms with Crippen LogP contribution < -0.4 is 11.1 Å². The number of amides is 1. The van der Waals surface area contributed by atoms with Gasteiger partial charge in [-0.2, -0.15) is 5.10 Å². The first kappa shape index (κ1) is 16.2. The van der Waals surface area contributed by atoms with Crippen LogP contribution in [0.15, 0.2) is 36.8 Å². The lowest BCUT2D eigenvalue weighted by Crippen LogP contribution is -2.52. The maximum atomic E-state index is 12.5. The van der Waals surface area contributed by atoms with E-state index in [0.29, 0.717) is 18.2 Å². The highest BCUT2D eigenvalue weighted by molar-refractivity contribution is 5.93. The first-order valence-electron chi connectivity index (χ1n) is 7.42. The van der Waals surface area contributed by atoms with E-state index in [1.807, 2.05) is 19.2 Å². The third kappa shape index (κ3) is 3.92. The minimum absolute atomic E-state index is 0.220. The minimum Gasteiger partial charge on any atom is -0.344 e. The molecule has 1 unspecified atom stereocenters. The van der Waals surface area contributed by atoms with Crippen molar-refractivity contribution in [3.05, 3.63) is 42.5 Å². The van der Waals surface area contributed by atoms with Gasteiger partial charge in [0.25, 0.3) is 5.91 Å². The second-order valence-electron chi connectivity index (χ2n) is 6.17. The summed E-state index contributed by atoms with van der Waals surface area (Å²) in [4.78, 5) is 16.6. The van der Waals surface area contributed by atoms with Crippen LogP contribution >= 0.6 is 0 Å². The van der Waals surface area contributed by atoms with Crippen molar-refractivity contribution in [3.8, 4) is 5.69 Å². The summed E-state index contributed by atoms with van der Waals surface area (Å²) in [5.74, 6) is 0.222. The number of hydrogen-bond donors (Lipinski definition) is 2. The van der Waals surface area contributed by atoms with Crippen molar-refractivity contribution in [2.24, 2.45) is 11.7 Å². The second-order valence-corrected chi connectivity index (χ2v) is 6.17. The summed E-state index contributed by atoms with van der Waals surface area (Å²) in [6, 6.07) is 5.35. The largest absolute Gasteiger partial charge is 0.344 e. The average molecular weight is 301 g/mol. The zero-order valence-electron chi connectivity index (χ0n) is 13.3. The fourth-order valence-corrected chi connectivity index (χ4v) is 2.53. The minimum atomic E-state index is -0.436. The molecule has 0 bridgehead atoms. The van der Waals surface area contributed by atoms with Crippen LogP contribution in [0.1, 0.15) is 37.7 Å². The van der Waals surface area contributed by atoms with Gasteiger partial charge in [0.2, 0.25) is 0 Å². The maximum absolute atomic E-state index is 12.5. The lowest BCUT2D eigenvalue weighted by atomic mass is 9.90. The van der Waals surface area contributed by atoms with E-state index in [-0.39, 0.29) is 5.91 Å². The van der Waals surface area contributed by atoms with Crippen molar-refractivity contribution >= 4 is 5.91 Å². The van der Waals surface area contributed by atoms with E-state index in [1.165, 1.54) is 0 Å². The van der Waals surface area contributed by atoms with E-state index in [9.17, 15) is 4.79 Å². The summed E-state index contributed by atoms with van der Waals surface area (Å²) in [6.45, 7) is 6.56. The Bertz CT molecular complexity index is 623. The Labute approximate surface area is 130 Å². The Morgan fingerprint density at radius 1 is 1.45 bits per heavy atom. The number of nitrogens with zero attached hydrogens (tertiary/aromatic N) is 3. The van der Waals surface area contributed by atoms with Crippen LogP contribution in [-0.4, -0.2) is 32.8 Å². The monoisotopic (exact) mass is 301 g/mol. The third-order valence-electron chi connectivity index (χ3n) is 3.47. The average Bonchev–Trinajstić information content (AvgIpc) is 3.00. The van der Waals surface area contributed by atoms with Crippen LogP contribution in [0.2, 0.25) is 0 Å². The standard InChI is InChI=1S/C16H23N5O/c1-12(2)10-16(3,11-17)20-15(22)14-9-13(5-7-18-14)21-8-4-6-19-21/h4-9,12H,10-11,17H2,1-3H3,(H,20,22). The van der Waals surface area contributed by atoms with E-state index in [4.69, 9.17) is 5.73 Å². The molecule has 0 radical (unpaired) electrons. The van der Waals surface area contributed by atoms with Gasteiger partial charge >= 0.3 is 0 Å². The van der Waals surface area contributed by atoms with Crippen molar-refractivity contribution < 1.29 is 4.79 Å². The molecule has 0 spiro atoms. The van der Waals surface area contributed by atoms with Crippen LogP contribution in [0.5, 0.6) is 0 Å². The van der Waals surface area contributed by atoms with Gasteiger partial charge in [-0.3, -0.25) is 9.78 Å². The Kier molecular flexibility index (Phi) is 4.92. The molecule has 2 rings (SSSR count). The van der Waals surface area contributed by atoms with E-state index in [1.54, 1.807) is 29.2 Å². The number of hydrogen-bond acceptors (Lipinski definition) is 4. The molecular formula is C16H23N5O. The molecule has 0 aliphatic rings. The van der Waals surface area contributed by atoms with Crippen molar-refractivity contribution in [1.29, 1.82) is 0 Å². The van der Waals surface area contributed by atoms with Crippen molar-refractivity contribution in [1.82, 2.24) is 20.1 Å². The molecule has 0 aliphatic carbocycles. The van der Waals surface area contributed by atoms with Crippen molar-refractivity contribution in [2.75, 3.05) is 6.54 Å². The summed E-state index contributed by atoms with van der Waals surface area (Å²) in [6.07, 6.45) is 5.93. The van der Waals surface area contributed by atoms with Gasteiger partial charge < -0.3 is 11.1 Å². The Hall–Kier alpha value is -2.21. The molecule has 22 heavy (non-hydrogen) atoms. The number of rotatable bonds is 6. The fourth-order valence-electron chi connectivity index (χ4n) is 2.53. The molecule has 2 aromatic rings. The summed E-state index contributed by atoms with van der Waals surface area (Å²) >= 11 is 0. The number of carbonyl (C=O) groups is 1. The normalized spacial score (nSPS) is 13.9. The number of nitrogens with one attached hydrogen (secondary N) is 1. The van der Waals surface area contributed by atoms with Gasteiger partial charge in [0.1, 0.15) is 5.69 Å². The van der Waals surface area contributed by atoms with Gasteiger partial charge in [-0.1, -0.05) is 13.8 Å². The summed E-state index contributed by atoms with van der Waals surface area (Å²) in [7, 11) is 0. The lowest BCUT2D eigenvalue weighted by molar-refractivity contribution is 0.0893. The zero-order chi connectivity index (χ0) is 16.2. The highest BCUT2D eigenvalue weighted by Gasteiger charge is 2.26. The van der Waals surface area contributed by atoms with E-state index in [0.717, 1.165) is 12.1 Å². The van der Waals surface area contributed by atoms with E-state index >= 15 is 0 Å². The smallest absolute Gasteiger partial charge is 0.270 e. The zero-order valence-corrected chi connectivity index (χ0v) is 13.3. The predicted octanol–water partition coefficient (Wildman–Crippen LogP) is 1.76. The van der Waals surface area contributed by atoms with Crippen LogP contribution in [0.4, 0.5) is 0 Å². The van der Waals surface area contributed by atoms with Gasteiger partial charge in [0, 0.05) is 25.1 Å². The Morgan fingerprint density at radius 3 is 2.82 bits per heavy atom. The van der Waals surface area contributed by atoms with Crippen LogP contribution in [0.25, 0.3) is 5.69 Å². The van der Waals surface area contributed by atoms with Crippen molar-refractivity contribution in [3.63, 3.8) is 0 Å². The van der Waals surface area contributed by atoms with Gasteiger partial charge in [-0.05, 0) is 37.5 Å². The van der Waals surface area contributed by atoms with Crippen LogP contribution in [0, 0.1) is 5.92 Å². The topological polar surface area (TPSA) is 85.8 Å². The number of carbonyl (C=O) groups excluding carboxylic acids is 1. The summed E-state index contributed by atoms with van der Waals surface area (Å²) < 4.78 is 1.69. The third-order valence-corrected chi connectivity index (χ3v) is 3.47. The molecule has 0 saturated carbocycles. The number of aromatic nitrogens is 3. The second kappa shape index (κ2) is 6.70. The van der Waals surface area contributed by atoms with E-state index in [2.05, 4.69) is 29.2 Å². The number of nitrogens with two attached hydrogens (primary N) is 1. The molecule has 0 fully saturated rings. The molecular weight excluding hydrogens is 278 g/mol. The predicted molar refractivity (Wildman–Crippen MR) is 85.7 cm³/mol. The summed E-state index contributed by atoms with van der Waals surface area (Å²) in [5.41, 5.74) is 6.56. The molecule has 118 valence electrons. The molecule has 3 N–H and O–H groups in total. The lowest BCUT2D eigenvalue weighted by Gasteiger charge is -2.31. The number of pyridine rings is 1. The maximum Gasteiger partial charge on any atom is 0.270 e. The first-order chi connectivity index (χ1) is 10.4. The molecule has 0 saturated heterocycles. The fraction of sp³-hybridized carbons (Fsp3) is 0.438. The molecule has 2 heterocycles. The highest BCUT2D eigenvalue weighted by atomic mass is 16.2. The van der Waals surface area contributed by atoms with Gasteiger partial charge in [0.05, 0.1) is 11.2 Å². The molecule has 1 atom stereocenters. The van der Waals surface area contributed by atoms with Crippen LogP contribution in [0.3, 0.4) is 0 Å². The molecule has 6 heteroatoms. The van der Waals surface area contributed by atoms with Gasteiger partial charge in [0.15, 0.2) is 0 Å². The van der Waals surface area contributed by atoms with Gasteiger partial charge in [-0.15, -0.1) is 0 Å². The molecule has 1 amide bonds. The molecule has 0 aromatic carbocycles. The molecule has 6 nitrogen and oxygen atoms in total. The molecule has 2 aromatic heterocycles.